The number of carbonyl (C=O) groups is 1. The van der Waals surface area contributed by atoms with Crippen molar-refractivity contribution < 1.29 is 14.1 Å². The average molecular weight is 347 g/mol. The molecule has 0 unspecified atom stereocenters. The molecular formula is C17H25N5O3. The van der Waals surface area contributed by atoms with Crippen molar-refractivity contribution in [3.63, 3.8) is 0 Å². The fourth-order valence-electron chi connectivity index (χ4n) is 2.84. The zero-order valence-corrected chi connectivity index (χ0v) is 14.8. The molecule has 1 saturated heterocycles. The molecule has 8 heteroatoms. The van der Waals surface area contributed by atoms with Crippen LogP contribution in [0.1, 0.15) is 60.1 Å². The first-order valence-corrected chi connectivity index (χ1v) is 8.85. The fourth-order valence-corrected chi connectivity index (χ4v) is 2.84. The number of aromatic nitrogens is 3. The van der Waals surface area contributed by atoms with Crippen molar-refractivity contribution in [2.75, 3.05) is 13.1 Å². The average Bonchev–Trinajstić information content (AvgIpc) is 3.33. The number of ether oxygens (including phenoxy) is 1. The molecule has 0 atom stereocenters. The molecule has 1 aliphatic rings. The van der Waals surface area contributed by atoms with E-state index in [0.29, 0.717) is 18.2 Å². The summed E-state index contributed by atoms with van der Waals surface area (Å²) in [7, 11) is 0. The van der Waals surface area contributed by atoms with E-state index in [0.717, 1.165) is 62.2 Å². The van der Waals surface area contributed by atoms with Crippen LogP contribution in [0.3, 0.4) is 0 Å². The highest BCUT2D eigenvalue weighted by atomic mass is 16.5. The Morgan fingerprint density at radius 2 is 2.24 bits per heavy atom. The van der Waals surface area contributed by atoms with Crippen LogP contribution in [0.4, 0.5) is 0 Å². The molecule has 0 bridgehead atoms. The lowest BCUT2D eigenvalue weighted by Gasteiger charge is -2.14. The summed E-state index contributed by atoms with van der Waals surface area (Å²) in [5.74, 6) is 0.941. The second kappa shape index (κ2) is 8.15. The molecule has 0 saturated carbocycles. The highest BCUT2D eigenvalue weighted by Crippen LogP contribution is 2.19. The number of hydrazine groups is 1. The van der Waals surface area contributed by atoms with E-state index >= 15 is 0 Å². The van der Waals surface area contributed by atoms with Crippen molar-refractivity contribution in [1.29, 1.82) is 0 Å². The number of carbonyl (C=O) groups excluding carboxylic acids is 1. The van der Waals surface area contributed by atoms with E-state index in [9.17, 15) is 4.79 Å². The van der Waals surface area contributed by atoms with E-state index in [1.807, 2.05) is 11.9 Å². The van der Waals surface area contributed by atoms with Gasteiger partial charge in [-0.1, -0.05) is 18.5 Å². The van der Waals surface area contributed by atoms with Gasteiger partial charge < -0.3 is 9.26 Å². The molecule has 3 rings (SSSR count). The molecule has 1 fully saturated rings. The molecule has 3 heterocycles. The second-order valence-corrected chi connectivity index (χ2v) is 6.31. The first kappa shape index (κ1) is 17.5. The Labute approximate surface area is 146 Å². The fraction of sp³-hybridized carbons (Fsp3) is 0.588. The molecule has 2 N–H and O–H groups in total. The summed E-state index contributed by atoms with van der Waals surface area (Å²) < 4.78 is 11.0. The maximum Gasteiger partial charge on any atom is 0.283 e. The second-order valence-electron chi connectivity index (χ2n) is 6.31. The van der Waals surface area contributed by atoms with E-state index in [2.05, 4.69) is 27.7 Å². The van der Waals surface area contributed by atoms with Crippen molar-refractivity contribution in [3.8, 4) is 5.88 Å². The summed E-state index contributed by atoms with van der Waals surface area (Å²) in [6.07, 6.45) is 5.24. The van der Waals surface area contributed by atoms with Crippen molar-refractivity contribution >= 4 is 5.91 Å². The topological polar surface area (TPSA) is 96.3 Å². The predicted molar refractivity (Wildman–Crippen MR) is 91.0 cm³/mol. The van der Waals surface area contributed by atoms with Crippen molar-refractivity contribution in [3.05, 3.63) is 28.8 Å². The lowest BCUT2D eigenvalue weighted by Crippen LogP contribution is -2.40. The molecule has 2 aromatic rings. The Balaban J connectivity index is 1.56. The minimum Gasteiger partial charge on any atom is -0.472 e. The minimum atomic E-state index is -0.200. The quantitative estimate of drug-likeness (QED) is 0.761. The monoisotopic (exact) mass is 347 g/mol. The third kappa shape index (κ3) is 4.39. The van der Waals surface area contributed by atoms with Gasteiger partial charge >= 0.3 is 0 Å². The van der Waals surface area contributed by atoms with Crippen LogP contribution in [-0.2, 0) is 13.0 Å². The number of rotatable bonds is 8. The number of unbranched alkanes of at least 4 members (excludes halogenated alkanes) is 1. The molecule has 1 amide bonds. The van der Waals surface area contributed by atoms with Crippen LogP contribution in [0.25, 0.3) is 0 Å². The Hall–Kier alpha value is -2.35. The van der Waals surface area contributed by atoms with Gasteiger partial charge in [0.1, 0.15) is 18.1 Å². The molecule has 0 radical (unpaired) electrons. The van der Waals surface area contributed by atoms with Crippen LogP contribution < -0.4 is 10.2 Å². The molecule has 2 aromatic heterocycles. The Bertz CT molecular complexity index is 703. The Morgan fingerprint density at radius 3 is 3.00 bits per heavy atom. The maximum atomic E-state index is 12.2. The van der Waals surface area contributed by atoms with E-state index in [-0.39, 0.29) is 5.91 Å². The lowest BCUT2D eigenvalue weighted by molar-refractivity contribution is 0.0820. The zero-order valence-electron chi connectivity index (χ0n) is 14.8. The molecular weight excluding hydrogens is 322 g/mol. The first-order valence-electron chi connectivity index (χ1n) is 8.85. The zero-order chi connectivity index (χ0) is 17.6. The van der Waals surface area contributed by atoms with E-state index < -0.39 is 0 Å². The summed E-state index contributed by atoms with van der Waals surface area (Å²) in [5.41, 5.74) is 5.14. The van der Waals surface area contributed by atoms with Gasteiger partial charge in [-0.2, -0.15) is 0 Å². The van der Waals surface area contributed by atoms with Crippen LogP contribution in [-0.4, -0.2) is 39.4 Å². The molecule has 8 nitrogen and oxygen atoms in total. The molecule has 136 valence electrons. The maximum absolute atomic E-state index is 12.2. The summed E-state index contributed by atoms with van der Waals surface area (Å²) in [6, 6.07) is 1.61. The number of aromatic amines is 1. The van der Waals surface area contributed by atoms with E-state index in [1.165, 1.54) is 0 Å². The van der Waals surface area contributed by atoms with E-state index in [1.54, 1.807) is 6.07 Å². The SMILES string of the molecule is CCCCc1noc(C)c1COc1cc(C(=O)NN2CCCC2)[nH]n1. The van der Waals surface area contributed by atoms with Gasteiger partial charge in [0.05, 0.1) is 11.3 Å². The minimum absolute atomic E-state index is 0.200. The number of amides is 1. The van der Waals surface area contributed by atoms with Crippen molar-refractivity contribution in [1.82, 2.24) is 25.8 Å². The van der Waals surface area contributed by atoms with Gasteiger partial charge in [0.25, 0.3) is 5.91 Å². The molecule has 0 aromatic carbocycles. The van der Waals surface area contributed by atoms with Crippen LogP contribution in [0, 0.1) is 6.92 Å². The number of H-pyrrole nitrogens is 1. The summed E-state index contributed by atoms with van der Waals surface area (Å²) >= 11 is 0. The van der Waals surface area contributed by atoms with Crippen LogP contribution in [0.2, 0.25) is 0 Å². The lowest BCUT2D eigenvalue weighted by atomic mass is 10.1. The summed E-state index contributed by atoms with van der Waals surface area (Å²) in [6.45, 7) is 6.11. The standard InChI is InChI=1S/C17H25N5O3/c1-3-4-7-14-13(12(2)25-21-14)11-24-16-10-15(18-19-16)17(23)20-22-8-5-6-9-22/h10H,3-9,11H2,1-2H3,(H,18,19)(H,20,23). The molecule has 1 aliphatic heterocycles. The van der Waals surface area contributed by atoms with Gasteiger partial charge in [-0.05, 0) is 32.6 Å². The molecule has 0 aliphatic carbocycles. The molecule has 25 heavy (non-hydrogen) atoms. The third-order valence-electron chi connectivity index (χ3n) is 4.36. The van der Waals surface area contributed by atoms with Gasteiger partial charge in [-0.25, -0.2) is 5.01 Å². The largest absolute Gasteiger partial charge is 0.472 e. The predicted octanol–water partition coefficient (Wildman–Crippen LogP) is 2.37. The Morgan fingerprint density at radius 1 is 1.44 bits per heavy atom. The van der Waals surface area contributed by atoms with Gasteiger partial charge in [-0.3, -0.25) is 15.3 Å². The van der Waals surface area contributed by atoms with Gasteiger partial charge in [0.2, 0.25) is 5.88 Å². The number of nitrogens with zero attached hydrogens (tertiary/aromatic N) is 3. The van der Waals surface area contributed by atoms with Gasteiger partial charge in [0.15, 0.2) is 0 Å². The van der Waals surface area contributed by atoms with Crippen LogP contribution in [0.5, 0.6) is 5.88 Å². The Kier molecular flexibility index (Phi) is 5.70. The van der Waals surface area contributed by atoms with Gasteiger partial charge in [0, 0.05) is 19.2 Å². The molecule has 0 spiro atoms. The van der Waals surface area contributed by atoms with Crippen molar-refractivity contribution in [2.24, 2.45) is 0 Å². The highest BCUT2D eigenvalue weighted by Gasteiger charge is 2.18. The van der Waals surface area contributed by atoms with Crippen LogP contribution >= 0.6 is 0 Å². The number of aryl methyl sites for hydroxylation is 2. The smallest absolute Gasteiger partial charge is 0.283 e. The number of hydrogen-bond donors (Lipinski definition) is 2. The third-order valence-corrected chi connectivity index (χ3v) is 4.36. The van der Waals surface area contributed by atoms with Gasteiger partial charge in [-0.15, -0.1) is 5.10 Å². The van der Waals surface area contributed by atoms with Crippen molar-refractivity contribution in [2.45, 2.75) is 52.6 Å². The first-order chi connectivity index (χ1) is 12.2. The summed E-state index contributed by atoms with van der Waals surface area (Å²) in [4.78, 5) is 12.2. The van der Waals surface area contributed by atoms with Crippen LogP contribution in [0.15, 0.2) is 10.6 Å². The number of nitrogens with one attached hydrogen (secondary N) is 2. The number of hydrogen-bond acceptors (Lipinski definition) is 6. The highest BCUT2D eigenvalue weighted by molar-refractivity contribution is 5.92. The van der Waals surface area contributed by atoms with E-state index in [4.69, 9.17) is 9.26 Å². The summed E-state index contributed by atoms with van der Waals surface area (Å²) in [5, 5.41) is 12.8. The normalized spacial score (nSPS) is 14.8.